The average molecular weight is 621 g/mol. The number of carbonyl (C=O) groups is 2. The predicted molar refractivity (Wildman–Crippen MR) is 159 cm³/mol. The molecule has 1 saturated carbocycles. The Morgan fingerprint density at radius 1 is 0.976 bits per heavy atom. The van der Waals surface area contributed by atoms with Crippen molar-refractivity contribution in [3.05, 3.63) is 94.2 Å². The van der Waals surface area contributed by atoms with Crippen molar-refractivity contribution in [3.63, 3.8) is 0 Å². The Kier molecular flexibility index (Phi) is 10.3. The van der Waals surface area contributed by atoms with Gasteiger partial charge in [-0.3, -0.25) is 13.9 Å². The van der Waals surface area contributed by atoms with Crippen molar-refractivity contribution < 1.29 is 22.4 Å². The molecular formula is C30H32Cl2FN3O4S. The molecule has 2 amide bonds. The highest BCUT2D eigenvalue weighted by atomic mass is 35.5. The molecule has 218 valence electrons. The van der Waals surface area contributed by atoms with Gasteiger partial charge in [0.1, 0.15) is 18.4 Å². The minimum absolute atomic E-state index is 0.00903. The lowest BCUT2D eigenvalue weighted by Crippen LogP contribution is -2.53. The smallest absolute Gasteiger partial charge is 0.264 e. The molecule has 3 aromatic rings. The molecule has 0 radical (unpaired) electrons. The summed E-state index contributed by atoms with van der Waals surface area (Å²) < 4.78 is 42.6. The quantitative estimate of drug-likeness (QED) is 0.277. The van der Waals surface area contributed by atoms with Crippen LogP contribution in [0.5, 0.6) is 0 Å². The van der Waals surface area contributed by atoms with Crippen LogP contribution >= 0.6 is 23.2 Å². The van der Waals surface area contributed by atoms with Crippen molar-refractivity contribution in [1.82, 2.24) is 10.2 Å². The Morgan fingerprint density at radius 3 is 2.27 bits per heavy atom. The van der Waals surface area contributed by atoms with Crippen LogP contribution in [0, 0.1) is 5.82 Å². The van der Waals surface area contributed by atoms with Crippen LogP contribution in [0.2, 0.25) is 10.0 Å². The molecule has 1 aliphatic carbocycles. The second kappa shape index (κ2) is 13.7. The van der Waals surface area contributed by atoms with Crippen LogP contribution in [-0.2, 0) is 26.2 Å². The Balaban J connectivity index is 1.73. The highest BCUT2D eigenvalue weighted by Crippen LogP contribution is 2.29. The summed E-state index contributed by atoms with van der Waals surface area (Å²) in [6.07, 6.45) is 4.08. The molecule has 0 bridgehead atoms. The summed E-state index contributed by atoms with van der Waals surface area (Å²) >= 11 is 12.4. The number of sulfonamides is 1. The van der Waals surface area contributed by atoms with E-state index < -0.39 is 34.3 Å². The molecule has 1 fully saturated rings. The molecule has 11 heteroatoms. The van der Waals surface area contributed by atoms with Gasteiger partial charge in [-0.1, -0.05) is 79.4 Å². The molecule has 4 rings (SSSR count). The molecule has 1 aliphatic rings. The Labute approximate surface area is 250 Å². The van der Waals surface area contributed by atoms with Crippen LogP contribution in [0.25, 0.3) is 0 Å². The van der Waals surface area contributed by atoms with Crippen LogP contribution in [0.3, 0.4) is 0 Å². The Hall–Kier alpha value is -3.14. The first-order chi connectivity index (χ1) is 19.6. The predicted octanol–water partition coefficient (Wildman–Crippen LogP) is 6.19. The standard InChI is InChI=1S/C30H32Cl2FN3O4S/c1-2-28(30(38)34-22-11-7-8-12-22)35(19-21-10-6-9-15-25(21)31)29(37)20-36(23-16-17-27(33)26(32)18-23)41(39,40)24-13-4-3-5-14-24/h3-6,9-10,13-18,22,28H,2,7-8,11-12,19-20H2,1H3,(H,34,38)/t28-/m1/s1. The number of carbonyl (C=O) groups excluding carboxylic acids is 2. The summed E-state index contributed by atoms with van der Waals surface area (Å²) in [6.45, 7) is 1.12. The largest absolute Gasteiger partial charge is 0.352 e. The van der Waals surface area contributed by atoms with Gasteiger partial charge in [0.05, 0.1) is 15.6 Å². The summed E-state index contributed by atoms with van der Waals surface area (Å²) in [4.78, 5) is 28.9. The maximum absolute atomic E-state index is 14.1. The molecule has 3 aromatic carbocycles. The topological polar surface area (TPSA) is 86.8 Å². The highest BCUT2D eigenvalue weighted by Gasteiger charge is 2.35. The van der Waals surface area contributed by atoms with E-state index in [0.29, 0.717) is 17.0 Å². The number of nitrogens with one attached hydrogen (secondary N) is 1. The number of halogens is 3. The molecule has 1 atom stereocenters. The summed E-state index contributed by atoms with van der Waals surface area (Å²) in [5.74, 6) is -1.66. The van der Waals surface area contributed by atoms with Crippen molar-refractivity contribution in [2.45, 2.75) is 62.6 Å². The van der Waals surface area contributed by atoms with Crippen LogP contribution < -0.4 is 9.62 Å². The van der Waals surface area contributed by atoms with Crippen molar-refractivity contribution in [2.75, 3.05) is 10.8 Å². The SMILES string of the molecule is CC[C@H](C(=O)NC1CCCC1)N(Cc1ccccc1Cl)C(=O)CN(c1ccc(F)c(Cl)c1)S(=O)(=O)c1ccccc1. The van der Waals surface area contributed by atoms with E-state index in [2.05, 4.69) is 5.32 Å². The normalized spacial score (nSPS) is 14.4. The van der Waals surface area contributed by atoms with Gasteiger partial charge in [0.25, 0.3) is 10.0 Å². The van der Waals surface area contributed by atoms with Crippen molar-refractivity contribution in [2.24, 2.45) is 0 Å². The highest BCUT2D eigenvalue weighted by molar-refractivity contribution is 7.92. The molecule has 0 heterocycles. The fourth-order valence-electron chi connectivity index (χ4n) is 4.99. The van der Waals surface area contributed by atoms with E-state index in [1.165, 1.54) is 23.1 Å². The van der Waals surface area contributed by atoms with E-state index in [4.69, 9.17) is 23.2 Å². The molecule has 0 unspecified atom stereocenters. The third-order valence-electron chi connectivity index (χ3n) is 7.19. The number of anilines is 1. The summed E-state index contributed by atoms with van der Waals surface area (Å²) in [6, 6.07) is 17.2. The fraction of sp³-hybridized carbons (Fsp3) is 0.333. The lowest BCUT2D eigenvalue weighted by Gasteiger charge is -2.34. The first kappa shape index (κ1) is 30.8. The Bertz CT molecular complexity index is 1480. The van der Waals surface area contributed by atoms with Crippen LogP contribution in [0.15, 0.2) is 77.7 Å². The molecule has 0 aromatic heterocycles. The summed E-state index contributed by atoms with van der Waals surface area (Å²) in [5, 5.41) is 3.18. The monoisotopic (exact) mass is 619 g/mol. The molecule has 0 spiro atoms. The van der Waals surface area contributed by atoms with Crippen LogP contribution in [0.1, 0.15) is 44.6 Å². The number of amides is 2. The minimum atomic E-state index is -4.29. The second-order valence-electron chi connectivity index (χ2n) is 9.95. The zero-order chi connectivity index (χ0) is 29.6. The van der Waals surface area contributed by atoms with Gasteiger partial charge in [-0.15, -0.1) is 0 Å². The molecule has 7 nitrogen and oxygen atoms in total. The zero-order valence-corrected chi connectivity index (χ0v) is 24.9. The molecule has 1 N–H and O–H groups in total. The van der Waals surface area contributed by atoms with Gasteiger partial charge in [-0.2, -0.15) is 0 Å². The van der Waals surface area contributed by atoms with Crippen molar-refractivity contribution in [1.29, 1.82) is 0 Å². The van der Waals surface area contributed by atoms with Gasteiger partial charge < -0.3 is 10.2 Å². The van der Waals surface area contributed by atoms with Gasteiger partial charge in [0.2, 0.25) is 11.8 Å². The lowest BCUT2D eigenvalue weighted by molar-refractivity contribution is -0.140. The van der Waals surface area contributed by atoms with Crippen molar-refractivity contribution in [3.8, 4) is 0 Å². The Morgan fingerprint density at radius 2 is 1.63 bits per heavy atom. The van der Waals surface area contributed by atoms with E-state index >= 15 is 0 Å². The van der Waals surface area contributed by atoms with Gasteiger partial charge in [0, 0.05) is 17.6 Å². The minimum Gasteiger partial charge on any atom is -0.352 e. The lowest BCUT2D eigenvalue weighted by atomic mass is 10.1. The number of rotatable bonds is 11. The summed E-state index contributed by atoms with van der Waals surface area (Å²) in [7, 11) is -4.29. The maximum atomic E-state index is 14.1. The number of hydrogen-bond donors (Lipinski definition) is 1. The van der Waals surface area contributed by atoms with Crippen LogP contribution in [0.4, 0.5) is 10.1 Å². The fourth-order valence-corrected chi connectivity index (χ4v) is 6.78. The van der Waals surface area contributed by atoms with Gasteiger partial charge in [-0.25, -0.2) is 12.8 Å². The third kappa shape index (κ3) is 7.39. The van der Waals surface area contributed by atoms with E-state index in [9.17, 15) is 22.4 Å². The van der Waals surface area contributed by atoms with E-state index in [-0.39, 0.29) is 34.1 Å². The van der Waals surface area contributed by atoms with Gasteiger partial charge in [-0.05, 0) is 61.2 Å². The maximum Gasteiger partial charge on any atom is 0.264 e. The van der Waals surface area contributed by atoms with Gasteiger partial charge >= 0.3 is 0 Å². The summed E-state index contributed by atoms with van der Waals surface area (Å²) in [5.41, 5.74) is 0.617. The average Bonchev–Trinajstić information content (AvgIpc) is 3.47. The van der Waals surface area contributed by atoms with E-state index in [1.54, 1.807) is 49.4 Å². The second-order valence-corrected chi connectivity index (χ2v) is 12.6. The third-order valence-corrected chi connectivity index (χ3v) is 9.63. The zero-order valence-electron chi connectivity index (χ0n) is 22.6. The molecule has 41 heavy (non-hydrogen) atoms. The number of benzene rings is 3. The molecule has 0 saturated heterocycles. The van der Waals surface area contributed by atoms with E-state index in [0.717, 1.165) is 42.1 Å². The van der Waals surface area contributed by atoms with Gasteiger partial charge in [0.15, 0.2) is 0 Å². The first-order valence-corrected chi connectivity index (χ1v) is 15.7. The number of nitrogens with zero attached hydrogens (tertiary/aromatic N) is 2. The molecule has 0 aliphatic heterocycles. The van der Waals surface area contributed by atoms with Crippen LogP contribution in [-0.4, -0.2) is 43.8 Å². The van der Waals surface area contributed by atoms with Crippen molar-refractivity contribution >= 4 is 50.7 Å². The van der Waals surface area contributed by atoms with E-state index in [1.807, 2.05) is 0 Å². The first-order valence-electron chi connectivity index (χ1n) is 13.5. The number of hydrogen-bond acceptors (Lipinski definition) is 4. The molecular weight excluding hydrogens is 588 g/mol.